The van der Waals surface area contributed by atoms with Crippen LogP contribution in [0.5, 0.6) is 5.75 Å². The van der Waals surface area contributed by atoms with Gasteiger partial charge in [0.2, 0.25) is 10.0 Å². The molecule has 0 unspecified atom stereocenters. The van der Waals surface area contributed by atoms with E-state index in [1.54, 1.807) is 32.0 Å². The lowest BCUT2D eigenvalue weighted by molar-refractivity contribution is -0.0504. The molecule has 0 spiro atoms. The summed E-state index contributed by atoms with van der Waals surface area (Å²) in [7, 11) is -3.35. The van der Waals surface area contributed by atoms with Gasteiger partial charge in [-0.3, -0.25) is 0 Å². The summed E-state index contributed by atoms with van der Waals surface area (Å²) in [6, 6.07) is 6.42. The molecule has 0 aliphatic rings. The Morgan fingerprint density at radius 1 is 1.27 bits per heavy atom. The molecule has 148 valence electrons. The number of guanidine groups is 1. The first-order chi connectivity index (χ1) is 12.0. The van der Waals surface area contributed by atoms with Gasteiger partial charge in [0, 0.05) is 24.2 Å². The topological polar surface area (TPSA) is 91.8 Å². The zero-order valence-electron chi connectivity index (χ0n) is 15.3. The van der Waals surface area contributed by atoms with Crippen molar-refractivity contribution in [2.75, 3.05) is 19.3 Å². The summed E-state index contributed by atoms with van der Waals surface area (Å²) in [6.45, 7) is 3.42. The van der Waals surface area contributed by atoms with Crippen LogP contribution in [0.2, 0.25) is 0 Å². The van der Waals surface area contributed by atoms with Crippen LogP contribution in [-0.4, -0.2) is 45.9 Å². The third kappa shape index (κ3) is 8.95. The molecule has 1 aromatic rings. The molecule has 10 heteroatoms. The highest BCUT2D eigenvalue weighted by atomic mass is 32.2. The summed E-state index contributed by atoms with van der Waals surface area (Å²) < 4.78 is 54.7. The second-order valence-electron chi connectivity index (χ2n) is 6.29. The average molecular weight is 392 g/mol. The van der Waals surface area contributed by atoms with Crippen LogP contribution >= 0.6 is 0 Å². The summed E-state index contributed by atoms with van der Waals surface area (Å²) in [6.07, 6.45) is 1.09. The SMILES string of the molecule is CCNC(=NCc1ccccc1OC(F)F)NCC(C)(C)NS(C)(=O)=O. The minimum absolute atomic E-state index is 0.0705. The predicted molar refractivity (Wildman–Crippen MR) is 98.0 cm³/mol. The molecule has 0 atom stereocenters. The highest BCUT2D eigenvalue weighted by Gasteiger charge is 2.22. The molecule has 0 aliphatic heterocycles. The number of halogens is 2. The number of aliphatic imine (C=N–C) groups is 1. The van der Waals surface area contributed by atoms with Crippen LogP contribution < -0.4 is 20.1 Å². The van der Waals surface area contributed by atoms with Gasteiger partial charge in [0.15, 0.2) is 5.96 Å². The maximum absolute atomic E-state index is 12.5. The zero-order chi connectivity index (χ0) is 19.8. The quantitative estimate of drug-likeness (QED) is 0.439. The van der Waals surface area contributed by atoms with Crippen LogP contribution in [0.15, 0.2) is 29.3 Å². The number of alkyl halides is 2. The van der Waals surface area contributed by atoms with Crippen molar-refractivity contribution in [1.29, 1.82) is 0 Å². The molecule has 26 heavy (non-hydrogen) atoms. The second kappa shape index (κ2) is 9.67. The minimum Gasteiger partial charge on any atom is -0.434 e. The van der Waals surface area contributed by atoms with E-state index in [1.165, 1.54) is 6.07 Å². The van der Waals surface area contributed by atoms with Gasteiger partial charge in [-0.15, -0.1) is 0 Å². The van der Waals surface area contributed by atoms with Crippen molar-refractivity contribution < 1.29 is 21.9 Å². The van der Waals surface area contributed by atoms with E-state index in [1.807, 2.05) is 6.92 Å². The predicted octanol–water partition coefficient (Wildman–Crippen LogP) is 1.67. The van der Waals surface area contributed by atoms with Crippen molar-refractivity contribution >= 4 is 16.0 Å². The Hall–Kier alpha value is -1.94. The van der Waals surface area contributed by atoms with Crippen LogP contribution in [0, 0.1) is 0 Å². The van der Waals surface area contributed by atoms with E-state index in [0.717, 1.165) is 6.26 Å². The fraction of sp³-hybridized carbons (Fsp3) is 0.562. The Kier molecular flexibility index (Phi) is 8.22. The smallest absolute Gasteiger partial charge is 0.387 e. The molecule has 0 fully saturated rings. The summed E-state index contributed by atoms with van der Waals surface area (Å²) in [5.41, 5.74) is -0.223. The van der Waals surface area contributed by atoms with Gasteiger partial charge in [-0.05, 0) is 26.8 Å². The van der Waals surface area contributed by atoms with E-state index in [-0.39, 0.29) is 18.8 Å². The first-order valence-electron chi connectivity index (χ1n) is 8.06. The summed E-state index contributed by atoms with van der Waals surface area (Å²) >= 11 is 0. The molecule has 0 saturated carbocycles. The molecule has 0 aromatic heterocycles. The van der Waals surface area contributed by atoms with Gasteiger partial charge in [-0.2, -0.15) is 8.78 Å². The maximum Gasteiger partial charge on any atom is 0.387 e. The van der Waals surface area contributed by atoms with E-state index in [0.29, 0.717) is 18.1 Å². The van der Waals surface area contributed by atoms with Crippen LogP contribution in [0.4, 0.5) is 8.78 Å². The van der Waals surface area contributed by atoms with Gasteiger partial charge in [0.25, 0.3) is 0 Å². The summed E-state index contributed by atoms with van der Waals surface area (Å²) in [4.78, 5) is 4.34. The largest absolute Gasteiger partial charge is 0.434 e. The molecule has 3 N–H and O–H groups in total. The third-order valence-corrected chi connectivity index (χ3v) is 4.02. The fourth-order valence-electron chi connectivity index (χ4n) is 2.19. The Morgan fingerprint density at radius 3 is 2.50 bits per heavy atom. The lowest BCUT2D eigenvalue weighted by Crippen LogP contribution is -2.53. The van der Waals surface area contributed by atoms with Crippen LogP contribution in [0.25, 0.3) is 0 Å². The second-order valence-corrected chi connectivity index (χ2v) is 8.04. The van der Waals surface area contributed by atoms with E-state index in [9.17, 15) is 17.2 Å². The fourth-order valence-corrected chi connectivity index (χ4v) is 3.27. The number of sulfonamides is 1. The van der Waals surface area contributed by atoms with Crippen molar-refractivity contribution in [2.45, 2.75) is 39.5 Å². The molecule has 1 rings (SSSR count). The molecule has 1 aromatic carbocycles. The molecular formula is C16H26F2N4O3S. The Balaban J connectivity index is 2.81. The monoisotopic (exact) mass is 392 g/mol. The van der Waals surface area contributed by atoms with Gasteiger partial charge >= 0.3 is 6.61 Å². The van der Waals surface area contributed by atoms with Crippen molar-refractivity contribution in [3.63, 3.8) is 0 Å². The number of para-hydroxylation sites is 1. The zero-order valence-corrected chi connectivity index (χ0v) is 16.2. The van der Waals surface area contributed by atoms with Crippen LogP contribution in [-0.2, 0) is 16.6 Å². The van der Waals surface area contributed by atoms with Crippen LogP contribution in [0.3, 0.4) is 0 Å². The number of ether oxygens (including phenoxy) is 1. The standard InChI is InChI=1S/C16H26F2N4O3S/c1-5-19-15(21-11-16(2,3)22-26(4,23)24)20-10-12-8-6-7-9-13(12)25-14(17)18/h6-9,14,22H,5,10-11H2,1-4H3,(H2,19,20,21). The van der Waals surface area contributed by atoms with Crippen LogP contribution in [0.1, 0.15) is 26.3 Å². The van der Waals surface area contributed by atoms with E-state index >= 15 is 0 Å². The maximum atomic E-state index is 12.5. The number of benzene rings is 1. The minimum atomic E-state index is -3.35. The lowest BCUT2D eigenvalue weighted by atomic mass is 10.1. The Bertz CT molecular complexity index is 709. The van der Waals surface area contributed by atoms with Crippen molar-refractivity contribution in [3.05, 3.63) is 29.8 Å². The number of hydrogen-bond donors (Lipinski definition) is 3. The van der Waals surface area contributed by atoms with Crippen molar-refractivity contribution in [1.82, 2.24) is 15.4 Å². The summed E-state index contributed by atoms with van der Waals surface area (Å²) in [5.74, 6) is 0.504. The van der Waals surface area contributed by atoms with Gasteiger partial charge in [0.1, 0.15) is 5.75 Å². The highest BCUT2D eigenvalue weighted by Crippen LogP contribution is 2.20. The molecule has 0 radical (unpaired) electrons. The van der Waals surface area contributed by atoms with E-state index < -0.39 is 22.2 Å². The number of rotatable bonds is 9. The van der Waals surface area contributed by atoms with Gasteiger partial charge < -0.3 is 15.4 Å². The average Bonchev–Trinajstić information content (AvgIpc) is 2.48. The highest BCUT2D eigenvalue weighted by molar-refractivity contribution is 7.88. The summed E-state index contributed by atoms with van der Waals surface area (Å²) in [5, 5.41) is 6.06. The van der Waals surface area contributed by atoms with E-state index in [4.69, 9.17) is 0 Å². The lowest BCUT2D eigenvalue weighted by Gasteiger charge is -2.26. The first-order valence-corrected chi connectivity index (χ1v) is 9.95. The number of nitrogens with one attached hydrogen (secondary N) is 3. The molecule has 0 saturated heterocycles. The van der Waals surface area contributed by atoms with Gasteiger partial charge in [-0.1, -0.05) is 18.2 Å². The Labute approximate surface area is 153 Å². The van der Waals surface area contributed by atoms with Gasteiger partial charge in [-0.25, -0.2) is 18.1 Å². The third-order valence-electron chi connectivity index (χ3n) is 3.10. The normalized spacial score (nSPS) is 13.0. The number of nitrogens with zero attached hydrogens (tertiary/aromatic N) is 1. The van der Waals surface area contributed by atoms with Crippen molar-refractivity contribution in [3.8, 4) is 5.75 Å². The number of hydrogen-bond acceptors (Lipinski definition) is 4. The van der Waals surface area contributed by atoms with E-state index in [2.05, 4.69) is 25.1 Å². The van der Waals surface area contributed by atoms with Gasteiger partial charge in [0.05, 0.1) is 12.8 Å². The Morgan fingerprint density at radius 2 is 1.92 bits per heavy atom. The molecular weight excluding hydrogens is 366 g/mol. The molecule has 0 bridgehead atoms. The molecule has 0 aliphatic carbocycles. The molecule has 0 heterocycles. The van der Waals surface area contributed by atoms with Crippen molar-refractivity contribution in [2.24, 2.45) is 4.99 Å². The molecule has 0 amide bonds. The first kappa shape index (κ1) is 22.1. The molecule has 7 nitrogen and oxygen atoms in total.